The Morgan fingerprint density at radius 2 is 1.96 bits per heavy atom. The minimum absolute atomic E-state index is 0.0752. The maximum Gasteiger partial charge on any atom is 0.273 e. The second-order valence-electron chi connectivity index (χ2n) is 4.72. The van der Waals surface area contributed by atoms with Gasteiger partial charge in [-0.3, -0.25) is 14.9 Å². The summed E-state index contributed by atoms with van der Waals surface area (Å²) >= 11 is 0. The molecule has 7 nitrogen and oxygen atoms in total. The smallest absolute Gasteiger partial charge is 0.273 e. The van der Waals surface area contributed by atoms with Crippen LogP contribution in [-0.4, -0.2) is 24.9 Å². The highest BCUT2D eigenvalue weighted by molar-refractivity contribution is 6.04. The summed E-state index contributed by atoms with van der Waals surface area (Å²) in [6.45, 7) is 0. The van der Waals surface area contributed by atoms with Gasteiger partial charge in [0.1, 0.15) is 11.5 Å². The highest BCUT2D eigenvalue weighted by Crippen LogP contribution is 2.28. The molecule has 0 aromatic heterocycles. The first-order valence-corrected chi connectivity index (χ1v) is 6.99. The second kappa shape index (κ2) is 7.77. The number of anilines is 1. The van der Waals surface area contributed by atoms with E-state index in [1.807, 2.05) is 0 Å². The highest BCUT2D eigenvalue weighted by Gasteiger charge is 2.10. The highest BCUT2D eigenvalue weighted by atomic mass is 16.6. The Morgan fingerprint density at radius 3 is 2.62 bits per heavy atom. The van der Waals surface area contributed by atoms with Crippen molar-refractivity contribution in [1.29, 1.82) is 0 Å². The fourth-order valence-corrected chi connectivity index (χ4v) is 1.99. The molecule has 0 atom stereocenters. The van der Waals surface area contributed by atoms with Gasteiger partial charge in [0.05, 0.1) is 30.9 Å². The molecule has 1 N–H and O–H groups in total. The zero-order chi connectivity index (χ0) is 17.5. The molecule has 0 unspecified atom stereocenters. The van der Waals surface area contributed by atoms with Crippen LogP contribution in [0.5, 0.6) is 11.5 Å². The Bertz CT molecular complexity index is 786. The number of carbonyl (C=O) groups is 1. The first-order chi connectivity index (χ1) is 11.5. The Balaban J connectivity index is 2.10. The number of ketones is 1. The molecule has 0 amide bonds. The maximum atomic E-state index is 12.1. The Kier molecular flexibility index (Phi) is 5.51. The van der Waals surface area contributed by atoms with Crippen molar-refractivity contribution in [2.45, 2.75) is 0 Å². The van der Waals surface area contributed by atoms with Crippen LogP contribution >= 0.6 is 0 Å². The van der Waals surface area contributed by atoms with Crippen molar-refractivity contribution < 1.29 is 19.2 Å². The summed E-state index contributed by atoms with van der Waals surface area (Å²) < 4.78 is 10.2. The molecule has 0 radical (unpaired) electrons. The number of hydrogen-bond donors (Lipinski definition) is 1. The number of carbonyl (C=O) groups excluding carboxylic acids is 1. The van der Waals surface area contributed by atoms with Gasteiger partial charge in [0.2, 0.25) is 0 Å². The minimum Gasteiger partial charge on any atom is -0.497 e. The van der Waals surface area contributed by atoms with E-state index < -0.39 is 4.92 Å². The fourth-order valence-electron chi connectivity index (χ4n) is 1.99. The van der Waals surface area contributed by atoms with Gasteiger partial charge in [-0.05, 0) is 18.2 Å². The van der Waals surface area contributed by atoms with Crippen LogP contribution in [0.3, 0.4) is 0 Å². The van der Waals surface area contributed by atoms with Gasteiger partial charge in [0.25, 0.3) is 5.69 Å². The molecule has 0 aliphatic heterocycles. The van der Waals surface area contributed by atoms with E-state index in [1.54, 1.807) is 24.3 Å². The van der Waals surface area contributed by atoms with Crippen molar-refractivity contribution in [2.24, 2.45) is 0 Å². The van der Waals surface area contributed by atoms with Gasteiger partial charge in [-0.25, -0.2) is 0 Å². The van der Waals surface area contributed by atoms with Gasteiger partial charge in [-0.2, -0.15) is 0 Å². The maximum absolute atomic E-state index is 12.1. The number of methoxy groups -OCH3 is 2. The quantitative estimate of drug-likeness (QED) is 0.362. The first-order valence-electron chi connectivity index (χ1n) is 6.99. The number of nitrogens with zero attached hydrogens (tertiary/aromatic N) is 1. The molecule has 0 aliphatic rings. The van der Waals surface area contributed by atoms with E-state index in [9.17, 15) is 14.9 Å². The van der Waals surface area contributed by atoms with E-state index in [0.29, 0.717) is 22.7 Å². The minimum atomic E-state index is -0.506. The summed E-state index contributed by atoms with van der Waals surface area (Å²) in [6.07, 6.45) is 2.81. The SMILES string of the molecule is COc1cccc(C(=O)/C=C/Nc2ccc([N+](=O)[O-])cc2OC)c1. The predicted octanol–water partition coefficient (Wildman–Crippen LogP) is 3.42. The van der Waals surface area contributed by atoms with Gasteiger partial charge in [0.15, 0.2) is 5.78 Å². The standard InChI is InChI=1S/C17H16N2O5/c1-23-14-5-3-4-12(10-14)16(20)8-9-18-15-7-6-13(19(21)22)11-17(15)24-2/h3-11,18H,1-2H3/b9-8+. The molecule has 2 rings (SSSR count). The Hall–Kier alpha value is -3.35. The van der Waals surface area contributed by atoms with Gasteiger partial charge in [-0.15, -0.1) is 0 Å². The third-order valence-electron chi connectivity index (χ3n) is 3.22. The molecule has 7 heteroatoms. The van der Waals surface area contributed by atoms with Crippen LogP contribution in [-0.2, 0) is 0 Å². The number of allylic oxidation sites excluding steroid dienone is 1. The number of hydrogen-bond acceptors (Lipinski definition) is 6. The molecule has 0 aliphatic carbocycles. The number of rotatable bonds is 7. The average Bonchev–Trinajstić information content (AvgIpc) is 2.61. The molecule has 2 aromatic carbocycles. The van der Waals surface area contributed by atoms with E-state index in [1.165, 1.54) is 44.7 Å². The number of non-ortho nitro benzene ring substituents is 1. The third-order valence-corrected chi connectivity index (χ3v) is 3.22. The molecule has 0 heterocycles. The van der Waals surface area contributed by atoms with E-state index in [-0.39, 0.29) is 11.5 Å². The average molecular weight is 328 g/mol. The lowest BCUT2D eigenvalue weighted by Gasteiger charge is -2.07. The number of nitro groups is 1. The number of nitro benzene ring substituents is 1. The van der Waals surface area contributed by atoms with Crippen molar-refractivity contribution in [2.75, 3.05) is 19.5 Å². The second-order valence-corrected chi connectivity index (χ2v) is 4.72. The topological polar surface area (TPSA) is 90.7 Å². The monoisotopic (exact) mass is 328 g/mol. The lowest BCUT2D eigenvalue weighted by Crippen LogP contribution is -1.98. The molecule has 124 valence electrons. The Labute approximate surface area is 138 Å². The summed E-state index contributed by atoms with van der Waals surface area (Å²) in [5.74, 6) is 0.698. The number of ether oxygens (including phenoxy) is 2. The zero-order valence-electron chi connectivity index (χ0n) is 13.2. The van der Waals surface area contributed by atoms with Crippen LogP contribution in [0.15, 0.2) is 54.7 Å². The summed E-state index contributed by atoms with van der Waals surface area (Å²) in [6, 6.07) is 11.0. The summed E-state index contributed by atoms with van der Waals surface area (Å²) in [5, 5.41) is 13.6. The van der Waals surface area contributed by atoms with Crippen molar-refractivity contribution >= 4 is 17.2 Å². The molecule has 0 saturated carbocycles. The largest absolute Gasteiger partial charge is 0.497 e. The summed E-state index contributed by atoms with van der Waals surface area (Å²) in [7, 11) is 2.94. The van der Waals surface area contributed by atoms with E-state index in [0.717, 1.165) is 0 Å². The summed E-state index contributed by atoms with van der Waals surface area (Å²) in [4.78, 5) is 22.3. The van der Waals surface area contributed by atoms with Crippen molar-refractivity contribution in [1.82, 2.24) is 0 Å². The molecule has 0 bridgehead atoms. The normalized spacial score (nSPS) is 10.4. The lowest BCUT2D eigenvalue weighted by atomic mass is 10.1. The number of benzene rings is 2. The summed E-state index contributed by atoms with van der Waals surface area (Å²) in [5.41, 5.74) is 0.926. The van der Waals surface area contributed by atoms with Crippen LogP contribution in [0.2, 0.25) is 0 Å². The van der Waals surface area contributed by atoms with E-state index in [4.69, 9.17) is 9.47 Å². The van der Waals surface area contributed by atoms with Crippen LogP contribution in [0.1, 0.15) is 10.4 Å². The van der Waals surface area contributed by atoms with Crippen molar-refractivity contribution in [3.8, 4) is 11.5 Å². The van der Waals surface area contributed by atoms with Gasteiger partial charge < -0.3 is 14.8 Å². The van der Waals surface area contributed by atoms with Crippen molar-refractivity contribution in [3.63, 3.8) is 0 Å². The van der Waals surface area contributed by atoms with E-state index >= 15 is 0 Å². The predicted molar refractivity (Wildman–Crippen MR) is 89.7 cm³/mol. The van der Waals surface area contributed by atoms with Gasteiger partial charge in [-0.1, -0.05) is 12.1 Å². The molecule has 0 fully saturated rings. The fraction of sp³-hybridized carbons (Fsp3) is 0.118. The third kappa shape index (κ3) is 4.10. The lowest BCUT2D eigenvalue weighted by molar-refractivity contribution is -0.384. The van der Waals surface area contributed by atoms with Gasteiger partial charge in [0, 0.05) is 23.9 Å². The van der Waals surface area contributed by atoms with Crippen LogP contribution in [0.25, 0.3) is 0 Å². The molecule has 2 aromatic rings. The Morgan fingerprint density at radius 1 is 1.17 bits per heavy atom. The zero-order valence-corrected chi connectivity index (χ0v) is 13.2. The van der Waals surface area contributed by atoms with Crippen molar-refractivity contribution in [3.05, 3.63) is 70.4 Å². The van der Waals surface area contributed by atoms with Crippen LogP contribution < -0.4 is 14.8 Å². The molecule has 24 heavy (non-hydrogen) atoms. The van der Waals surface area contributed by atoms with Crippen LogP contribution in [0.4, 0.5) is 11.4 Å². The molecular weight excluding hydrogens is 312 g/mol. The van der Waals surface area contributed by atoms with E-state index in [2.05, 4.69) is 5.32 Å². The van der Waals surface area contributed by atoms with Gasteiger partial charge >= 0.3 is 0 Å². The molecule has 0 spiro atoms. The first kappa shape index (κ1) is 17.0. The molecular formula is C17H16N2O5. The molecule has 0 saturated heterocycles. The number of nitrogens with one attached hydrogen (secondary N) is 1. The van der Waals surface area contributed by atoms with Crippen LogP contribution in [0, 0.1) is 10.1 Å².